The summed E-state index contributed by atoms with van der Waals surface area (Å²) in [7, 11) is 0. The van der Waals surface area contributed by atoms with Crippen molar-refractivity contribution < 1.29 is 32.2 Å². The average molecular weight is 430 g/mol. The lowest BCUT2D eigenvalue weighted by atomic mass is 10.0. The largest absolute Gasteiger partial charge is 0.499 e. The van der Waals surface area contributed by atoms with Crippen molar-refractivity contribution in [2.75, 3.05) is 13.2 Å². The maximum atomic E-state index is 13.2. The number of alkyl halides is 3. The number of allylic oxidation sites excluding steroid dienone is 1. The Morgan fingerprint density at radius 1 is 1.24 bits per heavy atom. The predicted octanol–water partition coefficient (Wildman–Crippen LogP) is 4.19. The number of esters is 1. The van der Waals surface area contributed by atoms with Gasteiger partial charge in [0, 0.05) is 6.42 Å². The van der Waals surface area contributed by atoms with E-state index in [1.54, 1.807) is 13.8 Å². The summed E-state index contributed by atoms with van der Waals surface area (Å²) in [5.41, 5.74) is -1.30. The Balaban J connectivity index is 2.35. The molecule has 1 aliphatic heterocycles. The number of nitrogens with one attached hydrogen (secondary N) is 1. The van der Waals surface area contributed by atoms with Gasteiger partial charge in [0.05, 0.1) is 30.2 Å². The van der Waals surface area contributed by atoms with Crippen molar-refractivity contribution >= 4 is 34.5 Å². The lowest BCUT2D eigenvalue weighted by Gasteiger charge is -2.22. The minimum Gasteiger partial charge on any atom is -0.499 e. The molecule has 0 aliphatic carbocycles. The second-order valence-electron chi connectivity index (χ2n) is 6.01. The van der Waals surface area contributed by atoms with Crippen LogP contribution in [0.1, 0.15) is 32.3 Å². The number of para-hydroxylation sites is 1. The van der Waals surface area contributed by atoms with Gasteiger partial charge in [0.1, 0.15) is 0 Å². The smallest absolute Gasteiger partial charge is 0.418 e. The second-order valence-corrected chi connectivity index (χ2v) is 7.29. The van der Waals surface area contributed by atoms with E-state index in [4.69, 9.17) is 9.47 Å². The van der Waals surface area contributed by atoms with E-state index in [0.717, 1.165) is 17.8 Å². The molecule has 0 radical (unpaired) electrons. The molecular weight excluding hydrogens is 409 g/mol. The first-order valence-corrected chi connectivity index (χ1v) is 9.68. The fraction of sp³-hybridized carbons (Fsp3) is 0.421. The minimum absolute atomic E-state index is 0.00110. The fourth-order valence-electron chi connectivity index (χ4n) is 2.65. The van der Waals surface area contributed by atoms with Crippen molar-refractivity contribution in [2.45, 2.75) is 37.6 Å². The van der Waals surface area contributed by atoms with E-state index in [0.29, 0.717) is 12.4 Å². The average Bonchev–Trinajstić information content (AvgIpc) is 2.96. The second kappa shape index (κ2) is 9.34. The van der Waals surface area contributed by atoms with Gasteiger partial charge >= 0.3 is 12.1 Å². The molecule has 1 N–H and O–H groups in total. The molecular formula is C19H21F3N2O4S. The van der Waals surface area contributed by atoms with Crippen LogP contribution in [0.3, 0.4) is 0 Å². The highest BCUT2D eigenvalue weighted by Gasteiger charge is 2.54. The van der Waals surface area contributed by atoms with Gasteiger partial charge in [-0.2, -0.15) is 13.2 Å². The van der Waals surface area contributed by atoms with Crippen LogP contribution >= 0.6 is 11.8 Å². The Hall–Kier alpha value is -2.49. The highest BCUT2D eigenvalue weighted by atomic mass is 32.2. The molecule has 1 fully saturated rings. The van der Waals surface area contributed by atoms with Crippen LogP contribution in [-0.4, -0.2) is 35.0 Å². The standard InChI is InChI=1S/C19H21F3N2O4S/c1-4-27-12(3)10-11-18(16(26)28-5-2)15(25)24-17(29-18)23-14-9-7-6-8-13(14)19(20,21)22/h6-9H,3-5,10-11H2,1-2H3,(H,23,24,25). The first-order chi connectivity index (χ1) is 13.6. The summed E-state index contributed by atoms with van der Waals surface area (Å²) in [6.45, 7) is 7.51. The van der Waals surface area contributed by atoms with Gasteiger partial charge in [-0.05, 0) is 32.4 Å². The summed E-state index contributed by atoms with van der Waals surface area (Å²) in [5, 5.41) is 2.29. The Labute approximate surface area is 170 Å². The van der Waals surface area contributed by atoms with Crippen LogP contribution in [0.15, 0.2) is 41.6 Å². The summed E-state index contributed by atoms with van der Waals surface area (Å²) >= 11 is 0.739. The van der Waals surface area contributed by atoms with Crippen molar-refractivity contribution in [1.29, 1.82) is 0 Å². The van der Waals surface area contributed by atoms with Gasteiger partial charge in [-0.1, -0.05) is 30.5 Å². The van der Waals surface area contributed by atoms with Gasteiger partial charge in [0.2, 0.25) is 0 Å². The lowest BCUT2D eigenvalue weighted by molar-refractivity contribution is -0.149. The van der Waals surface area contributed by atoms with Crippen LogP contribution in [-0.2, 0) is 25.2 Å². The third-order valence-corrected chi connectivity index (χ3v) is 5.29. The molecule has 1 amide bonds. The molecule has 0 saturated carbocycles. The monoisotopic (exact) mass is 430 g/mol. The third-order valence-electron chi connectivity index (χ3n) is 4.00. The van der Waals surface area contributed by atoms with Crippen molar-refractivity contribution in [3.05, 3.63) is 42.2 Å². The Morgan fingerprint density at radius 2 is 1.90 bits per heavy atom. The zero-order valence-corrected chi connectivity index (χ0v) is 16.8. The van der Waals surface area contributed by atoms with E-state index in [2.05, 4.69) is 16.9 Å². The summed E-state index contributed by atoms with van der Waals surface area (Å²) < 4.78 is 48.2. The maximum absolute atomic E-state index is 13.2. The Morgan fingerprint density at radius 3 is 2.52 bits per heavy atom. The molecule has 0 bridgehead atoms. The van der Waals surface area contributed by atoms with Crippen molar-refractivity contribution in [1.82, 2.24) is 5.32 Å². The summed E-state index contributed by atoms with van der Waals surface area (Å²) in [5.74, 6) is -1.10. The molecule has 1 unspecified atom stereocenters. The number of ether oxygens (including phenoxy) is 2. The number of hydrogen-bond donors (Lipinski definition) is 1. The maximum Gasteiger partial charge on any atom is 0.418 e. The zero-order valence-electron chi connectivity index (χ0n) is 16.0. The number of hydrogen-bond acceptors (Lipinski definition) is 6. The van der Waals surface area contributed by atoms with E-state index in [9.17, 15) is 22.8 Å². The number of rotatable bonds is 8. The first kappa shape index (κ1) is 22.8. The summed E-state index contributed by atoms with van der Waals surface area (Å²) in [6, 6.07) is 4.73. The Bertz CT molecular complexity index is 826. The molecule has 0 spiro atoms. The van der Waals surface area contributed by atoms with E-state index < -0.39 is 28.4 Å². The van der Waals surface area contributed by atoms with Gasteiger partial charge in [-0.3, -0.25) is 4.79 Å². The quantitative estimate of drug-likeness (QED) is 0.380. The molecule has 1 aromatic carbocycles. The van der Waals surface area contributed by atoms with Gasteiger partial charge in [-0.25, -0.2) is 9.79 Å². The van der Waals surface area contributed by atoms with Gasteiger partial charge in [0.25, 0.3) is 5.91 Å². The van der Waals surface area contributed by atoms with Gasteiger partial charge in [0.15, 0.2) is 9.91 Å². The van der Waals surface area contributed by atoms with Crippen molar-refractivity contribution in [3.63, 3.8) is 0 Å². The van der Waals surface area contributed by atoms with Crippen LogP contribution < -0.4 is 5.32 Å². The number of amides is 1. The molecule has 1 saturated heterocycles. The third kappa shape index (κ3) is 5.31. The highest BCUT2D eigenvalue weighted by Crippen LogP contribution is 2.41. The van der Waals surface area contributed by atoms with Crippen LogP contribution in [0.25, 0.3) is 0 Å². The summed E-state index contributed by atoms with van der Waals surface area (Å²) in [6.07, 6.45) is -4.41. The van der Waals surface area contributed by atoms with Crippen LogP contribution in [0.4, 0.5) is 18.9 Å². The highest BCUT2D eigenvalue weighted by molar-refractivity contribution is 8.17. The van der Waals surface area contributed by atoms with E-state index in [-0.39, 0.29) is 30.3 Å². The fourth-order valence-corrected chi connectivity index (χ4v) is 3.75. The number of carbonyl (C=O) groups is 2. The number of carbonyl (C=O) groups excluding carboxylic acids is 2. The SMILES string of the molecule is C=C(CCC1(C(=O)OCC)SC(=Nc2ccccc2C(F)(F)F)NC1=O)OCC. The van der Waals surface area contributed by atoms with Crippen LogP contribution in [0.2, 0.25) is 0 Å². The molecule has 2 rings (SSSR count). The molecule has 1 heterocycles. The number of aliphatic imine (C=N–C) groups is 1. The first-order valence-electron chi connectivity index (χ1n) is 8.87. The molecule has 1 atom stereocenters. The zero-order chi connectivity index (χ0) is 21.7. The van der Waals surface area contributed by atoms with Crippen LogP contribution in [0, 0.1) is 0 Å². The van der Waals surface area contributed by atoms with Gasteiger partial charge < -0.3 is 14.8 Å². The lowest BCUT2D eigenvalue weighted by Crippen LogP contribution is -2.45. The molecule has 0 aromatic heterocycles. The van der Waals surface area contributed by atoms with Crippen LogP contribution in [0.5, 0.6) is 0 Å². The topological polar surface area (TPSA) is 77.0 Å². The summed E-state index contributed by atoms with van der Waals surface area (Å²) in [4.78, 5) is 29.2. The van der Waals surface area contributed by atoms with E-state index in [1.807, 2.05) is 0 Å². The van der Waals surface area contributed by atoms with E-state index in [1.165, 1.54) is 18.2 Å². The Kier molecular flexibility index (Phi) is 7.34. The number of benzene rings is 1. The molecule has 1 aromatic rings. The normalized spacial score (nSPS) is 20.4. The van der Waals surface area contributed by atoms with Crippen molar-refractivity contribution in [3.8, 4) is 0 Å². The van der Waals surface area contributed by atoms with Crippen molar-refractivity contribution in [2.24, 2.45) is 4.99 Å². The number of amidine groups is 1. The minimum atomic E-state index is -4.61. The van der Waals surface area contributed by atoms with Gasteiger partial charge in [-0.15, -0.1) is 0 Å². The molecule has 158 valence electrons. The number of nitrogens with zero attached hydrogens (tertiary/aromatic N) is 1. The molecule has 1 aliphatic rings. The predicted molar refractivity (Wildman–Crippen MR) is 104 cm³/mol. The molecule has 10 heteroatoms. The number of thioether (sulfide) groups is 1. The van der Waals surface area contributed by atoms with E-state index >= 15 is 0 Å². The molecule has 6 nitrogen and oxygen atoms in total. The number of halogens is 3. The molecule has 29 heavy (non-hydrogen) atoms.